The van der Waals surface area contributed by atoms with E-state index in [-0.39, 0.29) is 11.8 Å². The fraction of sp³-hybridized carbons (Fsp3) is 0.562. The first kappa shape index (κ1) is 13.4. The average Bonchev–Trinajstić information content (AvgIpc) is 2.46. The molecule has 1 aliphatic heterocycles. The third-order valence-electron chi connectivity index (χ3n) is 4.83. The highest BCUT2D eigenvalue weighted by Crippen LogP contribution is 2.37. The van der Waals surface area contributed by atoms with Crippen molar-refractivity contribution in [2.24, 2.45) is 11.7 Å². The predicted molar refractivity (Wildman–Crippen MR) is 80.0 cm³/mol. The number of likely N-dealkylation sites (tertiary alicyclic amines) is 1. The van der Waals surface area contributed by atoms with E-state index in [1.165, 1.54) is 24.0 Å². The zero-order chi connectivity index (χ0) is 14.1. The summed E-state index contributed by atoms with van der Waals surface area (Å²) in [6.45, 7) is 1.93. The van der Waals surface area contributed by atoms with Gasteiger partial charge in [-0.3, -0.25) is 9.69 Å². The molecule has 0 spiro atoms. The minimum Gasteiger partial charge on any atom is -0.399 e. The number of hydrogen-bond donors (Lipinski definition) is 2. The van der Waals surface area contributed by atoms with Crippen molar-refractivity contribution in [3.05, 3.63) is 29.3 Å². The van der Waals surface area contributed by atoms with Gasteiger partial charge in [-0.15, -0.1) is 0 Å². The molecule has 1 amide bonds. The maximum absolute atomic E-state index is 11.3. The van der Waals surface area contributed by atoms with E-state index in [0.29, 0.717) is 6.04 Å². The van der Waals surface area contributed by atoms with E-state index in [9.17, 15) is 4.79 Å². The van der Waals surface area contributed by atoms with Crippen LogP contribution in [0.15, 0.2) is 18.2 Å². The zero-order valence-electron chi connectivity index (χ0n) is 11.8. The van der Waals surface area contributed by atoms with E-state index in [4.69, 9.17) is 11.5 Å². The Labute approximate surface area is 120 Å². The molecular weight excluding hydrogens is 250 g/mol. The summed E-state index contributed by atoms with van der Waals surface area (Å²) in [5.74, 6) is -0.0758. The first-order valence-electron chi connectivity index (χ1n) is 7.57. The number of primary amides is 1. The van der Waals surface area contributed by atoms with Crippen molar-refractivity contribution in [3.8, 4) is 0 Å². The van der Waals surface area contributed by atoms with E-state index in [1.807, 2.05) is 6.07 Å². The Morgan fingerprint density at radius 2 is 1.95 bits per heavy atom. The molecule has 108 valence electrons. The number of fused-ring (bicyclic) bond motifs is 1. The van der Waals surface area contributed by atoms with Crippen molar-refractivity contribution in [2.45, 2.75) is 38.1 Å². The van der Waals surface area contributed by atoms with E-state index < -0.39 is 0 Å². The largest absolute Gasteiger partial charge is 0.399 e. The highest BCUT2D eigenvalue weighted by atomic mass is 16.1. The highest BCUT2D eigenvalue weighted by Gasteiger charge is 2.30. The first-order valence-corrected chi connectivity index (χ1v) is 7.57. The van der Waals surface area contributed by atoms with Crippen LogP contribution in [0.3, 0.4) is 0 Å². The summed E-state index contributed by atoms with van der Waals surface area (Å²) in [6.07, 6.45) is 5.37. The van der Waals surface area contributed by atoms with E-state index in [2.05, 4.69) is 17.0 Å². The summed E-state index contributed by atoms with van der Waals surface area (Å²) >= 11 is 0. The van der Waals surface area contributed by atoms with Gasteiger partial charge in [0, 0.05) is 17.6 Å². The average molecular weight is 273 g/mol. The molecule has 1 unspecified atom stereocenters. The second-order valence-corrected chi connectivity index (χ2v) is 6.08. The van der Waals surface area contributed by atoms with Crippen molar-refractivity contribution in [1.29, 1.82) is 0 Å². The molecular formula is C16H23N3O. The van der Waals surface area contributed by atoms with Crippen LogP contribution in [0.25, 0.3) is 0 Å². The van der Waals surface area contributed by atoms with Crippen molar-refractivity contribution in [3.63, 3.8) is 0 Å². The molecule has 1 fully saturated rings. The number of hydrogen-bond acceptors (Lipinski definition) is 3. The number of anilines is 1. The van der Waals surface area contributed by atoms with Crippen LogP contribution in [0.2, 0.25) is 0 Å². The van der Waals surface area contributed by atoms with Gasteiger partial charge in [0.1, 0.15) is 0 Å². The molecule has 20 heavy (non-hydrogen) atoms. The lowest BCUT2D eigenvalue weighted by Gasteiger charge is -2.39. The fourth-order valence-corrected chi connectivity index (χ4v) is 3.67. The van der Waals surface area contributed by atoms with Gasteiger partial charge < -0.3 is 11.5 Å². The Morgan fingerprint density at radius 1 is 1.20 bits per heavy atom. The molecule has 0 aromatic heterocycles. The Balaban J connectivity index is 1.76. The maximum Gasteiger partial charge on any atom is 0.220 e. The Morgan fingerprint density at radius 3 is 2.65 bits per heavy atom. The van der Waals surface area contributed by atoms with Gasteiger partial charge in [-0.2, -0.15) is 0 Å². The molecule has 0 saturated carbocycles. The lowest BCUT2D eigenvalue weighted by Crippen LogP contribution is -2.41. The maximum atomic E-state index is 11.3. The lowest BCUT2D eigenvalue weighted by molar-refractivity contribution is -0.123. The molecule has 1 aromatic carbocycles. The molecule has 3 rings (SSSR count). The number of nitrogens with two attached hydrogens (primary N) is 2. The molecule has 1 atom stereocenters. The van der Waals surface area contributed by atoms with Crippen LogP contribution in [0.4, 0.5) is 5.69 Å². The lowest BCUT2D eigenvalue weighted by atomic mass is 9.84. The number of nitrogen functional groups attached to an aromatic ring is 1. The van der Waals surface area contributed by atoms with Gasteiger partial charge in [-0.25, -0.2) is 0 Å². The van der Waals surface area contributed by atoms with Crippen LogP contribution in [-0.2, 0) is 11.2 Å². The number of rotatable bonds is 2. The smallest absolute Gasteiger partial charge is 0.220 e. The van der Waals surface area contributed by atoms with Gasteiger partial charge in [-0.1, -0.05) is 6.07 Å². The molecule has 1 aromatic rings. The van der Waals surface area contributed by atoms with E-state index in [0.717, 1.165) is 38.0 Å². The van der Waals surface area contributed by atoms with Gasteiger partial charge in [-0.05, 0) is 68.5 Å². The Hall–Kier alpha value is -1.55. The minimum absolute atomic E-state index is 0.0650. The van der Waals surface area contributed by atoms with Gasteiger partial charge in [0.25, 0.3) is 0 Å². The third kappa shape index (κ3) is 2.52. The third-order valence-corrected chi connectivity index (χ3v) is 4.83. The highest BCUT2D eigenvalue weighted by molar-refractivity contribution is 5.76. The van der Waals surface area contributed by atoms with Crippen LogP contribution in [0.1, 0.15) is 42.9 Å². The molecule has 1 heterocycles. The number of nitrogens with zero attached hydrogens (tertiary/aromatic N) is 1. The number of piperidine rings is 1. The molecule has 0 bridgehead atoms. The van der Waals surface area contributed by atoms with Crippen LogP contribution in [-0.4, -0.2) is 23.9 Å². The van der Waals surface area contributed by atoms with Crippen LogP contribution < -0.4 is 11.5 Å². The second kappa shape index (κ2) is 5.44. The van der Waals surface area contributed by atoms with E-state index >= 15 is 0 Å². The second-order valence-electron chi connectivity index (χ2n) is 6.08. The van der Waals surface area contributed by atoms with E-state index in [1.54, 1.807) is 0 Å². The minimum atomic E-state index is -0.141. The first-order chi connectivity index (χ1) is 9.65. The molecule has 1 saturated heterocycles. The molecule has 4 heteroatoms. The van der Waals surface area contributed by atoms with Gasteiger partial charge in [0.15, 0.2) is 0 Å². The summed E-state index contributed by atoms with van der Waals surface area (Å²) in [4.78, 5) is 13.8. The molecule has 1 aliphatic carbocycles. The summed E-state index contributed by atoms with van der Waals surface area (Å²) in [5, 5.41) is 0. The monoisotopic (exact) mass is 273 g/mol. The topological polar surface area (TPSA) is 72.4 Å². The van der Waals surface area contributed by atoms with Gasteiger partial charge >= 0.3 is 0 Å². The fourth-order valence-electron chi connectivity index (χ4n) is 3.67. The van der Waals surface area contributed by atoms with Crippen LogP contribution in [0, 0.1) is 5.92 Å². The quantitative estimate of drug-likeness (QED) is 0.808. The predicted octanol–water partition coefficient (Wildman–Crippen LogP) is 1.84. The van der Waals surface area contributed by atoms with Crippen LogP contribution >= 0.6 is 0 Å². The number of carbonyl (C=O) groups excluding carboxylic acids is 1. The van der Waals surface area contributed by atoms with Gasteiger partial charge in [0.2, 0.25) is 5.91 Å². The van der Waals surface area contributed by atoms with Crippen LogP contribution in [0.5, 0.6) is 0 Å². The number of amides is 1. The summed E-state index contributed by atoms with van der Waals surface area (Å²) in [5.41, 5.74) is 15.1. The Bertz CT molecular complexity index is 506. The summed E-state index contributed by atoms with van der Waals surface area (Å²) in [6, 6.07) is 6.78. The zero-order valence-corrected chi connectivity index (χ0v) is 11.8. The van der Waals surface area contributed by atoms with Crippen molar-refractivity contribution in [2.75, 3.05) is 18.8 Å². The number of carbonyl (C=O) groups is 1. The van der Waals surface area contributed by atoms with Crippen molar-refractivity contribution < 1.29 is 4.79 Å². The van der Waals surface area contributed by atoms with Gasteiger partial charge in [0.05, 0.1) is 0 Å². The number of benzene rings is 1. The normalized spacial score (nSPS) is 24.3. The molecule has 2 aliphatic rings. The summed E-state index contributed by atoms with van der Waals surface area (Å²) < 4.78 is 0. The molecule has 0 radical (unpaired) electrons. The SMILES string of the molecule is NC(=O)C1CCN(C2CCCc3ccc(N)cc32)CC1. The molecule has 4 N–H and O–H groups in total. The molecule has 4 nitrogen and oxygen atoms in total. The van der Waals surface area contributed by atoms with Crippen molar-refractivity contribution in [1.82, 2.24) is 4.90 Å². The Kier molecular flexibility index (Phi) is 3.66. The standard InChI is InChI=1S/C16H23N3O/c17-13-5-4-11-2-1-3-15(14(11)10-13)19-8-6-12(7-9-19)16(18)20/h4-5,10,12,15H,1-3,6-9,17H2,(H2,18,20). The number of aryl methyl sites for hydroxylation is 1. The summed E-state index contributed by atoms with van der Waals surface area (Å²) in [7, 11) is 0. The van der Waals surface area contributed by atoms with Crippen molar-refractivity contribution >= 4 is 11.6 Å².